The van der Waals surface area contributed by atoms with Gasteiger partial charge in [-0.15, -0.1) is 0 Å². The molecule has 1 aliphatic carbocycles. The van der Waals surface area contributed by atoms with Gasteiger partial charge in [-0.1, -0.05) is 115 Å². The standard InChI is InChI=1S/C53H39N3/c1-38-13-12-22-47(33-38)55(49-30-26-40-15-9-11-17-44(40)35-49)51-32-28-42-24-23-41-27-31-50(36-52(41)56(53(42)37-51)46-20-6-3-7-21-46)54(45-18-4-2-5-19-45)48-29-25-39-14-8-10-16-43(39)34-48/h2-9,11-15,17-26,28-30,32-37H,10,16H2,1H3. The zero-order valence-electron chi connectivity index (χ0n) is 31.2. The van der Waals surface area contributed by atoms with Crippen LogP contribution in [0.25, 0.3) is 29.0 Å². The summed E-state index contributed by atoms with van der Waals surface area (Å²) in [5.74, 6) is 0. The summed E-state index contributed by atoms with van der Waals surface area (Å²) in [7, 11) is 0. The number of para-hydroxylation sites is 2. The van der Waals surface area contributed by atoms with Gasteiger partial charge in [0.1, 0.15) is 0 Å². The van der Waals surface area contributed by atoms with Crippen LogP contribution in [0.2, 0.25) is 0 Å². The van der Waals surface area contributed by atoms with E-state index in [1.165, 1.54) is 27.5 Å². The maximum Gasteiger partial charge on any atom is 0.0995 e. The molecule has 3 nitrogen and oxygen atoms in total. The predicted octanol–water partition coefficient (Wildman–Crippen LogP) is 14.6. The molecule has 56 heavy (non-hydrogen) atoms. The number of hydrogen-bond acceptors (Lipinski definition) is 3. The highest BCUT2D eigenvalue weighted by Gasteiger charge is 2.25. The number of rotatable bonds is 7. The number of allylic oxidation sites excluding steroid dienone is 1. The Labute approximate surface area is 329 Å². The Bertz CT molecular complexity index is 2780. The average Bonchev–Trinajstić information content (AvgIpc) is 3.41. The molecular weight excluding hydrogens is 679 g/mol. The van der Waals surface area contributed by atoms with Crippen molar-refractivity contribution in [2.24, 2.45) is 0 Å². The first-order valence-electron chi connectivity index (χ1n) is 19.3. The lowest BCUT2D eigenvalue weighted by Crippen LogP contribution is -2.15. The van der Waals surface area contributed by atoms with E-state index in [0.717, 1.165) is 75.2 Å². The second kappa shape index (κ2) is 14.2. The zero-order valence-corrected chi connectivity index (χ0v) is 31.2. The molecule has 0 fully saturated rings. The summed E-state index contributed by atoms with van der Waals surface area (Å²) in [6.07, 6.45) is 11.0. The molecule has 3 heteroatoms. The fraction of sp³-hybridized carbons (Fsp3) is 0.0566. The van der Waals surface area contributed by atoms with Crippen molar-refractivity contribution in [1.82, 2.24) is 0 Å². The van der Waals surface area contributed by atoms with Crippen molar-refractivity contribution in [2.45, 2.75) is 19.8 Å². The van der Waals surface area contributed by atoms with Crippen LogP contribution in [0, 0.1) is 19.1 Å². The number of benzene rings is 7. The minimum absolute atomic E-state index is 0.924. The summed E-state index contributed by atoms with van der Waals surface area (Å²) in [6, 6.07) is 68.5. The molecule has 8 aromatic rings. The highest BCUT2D eigenvalue weighted by atomic mass is 15.2. The second-order valence-corrected chi connectivity index (χ2v) is 14.5. The van der Waals surface area contributed by atoms with E-state index in [2.05, 4.69) is 228 Å². The fourth-order valence-electron chi connectivity index (χ4n) is 8.13. The van der Waals surface area contributed by atoms with Crippen molar-refractivity contribution in [3.8, 4) is 0 Å². The van der Waals surface area contributed by atoms with E-state index < -0.39 is 0 Å². The van der Waals surface area contributed by atoms with Crippen molar-refractivity contribution in [3.05, 3.63) is 216 Å². The molecule has 10 rings (SSSR count). The SMILES string of the molecule is Cc1cccc(N(c2ccc3c(c2)N(c2ccccc2)c2cc(N(c4ccccc4)c4ccc5c(c4)CCC=C5)c#cc2C=C3)c2ccc3ccccc3c2)c1. The normalized spacial score (nSPS) is 12.6. The van der Waals surface area contributed by atoms with Crippen molar-refractivity contribution < 1.29 is 0 Å². The van der Waals surface area contributed by atoms with Gasteiger partial charge in [0, 0.05) is 39.7 Å². The number of anilines is 9. The van der Waals surface area contributed by atoms with Crippen molar-refractivity contribution in [2.75, 3.05) is 14.7 Å². The molecule has 0 spiro atoms. The molecule has 1 heterocycles. The van der Waals surface area contributed by atoms with Gasteiger partial charge in [0.2, 0.25) is 0 Å². The minimum Gasteiger partial charge on any atom is -0.310 e. The smallest absolute Gasteiger partial charge is 0.0995 e. The Morgan fingerprint density at radius 2 is 1.18 bits per heavy atom. The largest absolute Gasteiger partial charge is 0.310 e. The fourth-order valence-corrected chi connectivity index (χ4v) is 8.13. The third-order valence-corrected chi connectivity index (χ3v) is 10.8. The van der Waals surface area contributed by atoms with Gasteiger partial charge >= 0.3 is 0 Å². The lowest BCUT2D eigenvalue weighted by molar-refractivity contribution is 0.984. The van der Waals surface area contributed by atoms with Crippen LogP contribution in [0.4, 0.5) is 51.2 Å². The topological polar surface area (TPSA) is 9.72 Å². The molecule has 0 atom stereocenters. The summed E-state index contributed by atoms with van der Waals surface area (Å²) in [5, 5.41) is 2.43. The van der Waals surface area contributed by atoms with Gasteiger partial charge in [-0.25, -0.2) is 0 Å². The van der Waals surface area contributed by atoms with Crippen LogP contribution in [0.3, 0.4) is 0 Å². The number of hydrogen-bond donors (Lipinski definition) is 0. The molecule has 2 aliphatic rings. The Morgan fingerprint density at radius 3 is 2.02 bits per heavy atom. The third-order valence-electron chi connectivity index (χ3n) is 10.8. The van der Waals surface area contributed by atoms with Crippen LogP contribution in [-0.4, -0.2) is 0 Å². The molecule has 0 bridgehead atoms. The van der Waals surface area contributed by atoms with Gasteiger partial charge in [-0.05, 0) is 144 Å². The minimum atomic E-state index is 0.924. The van der Waals surface area contributed by atoms with Gasteiger partial charge in [0.05, 0.1) is 17.1 Å². The Balaban J connectivity index is 1.16. The van der Waals surface area contributed by atoms with Crippen molar-refractivity contribution >= 4 is 80.2 Å². The van der Waals surface area contributed by atoms with Crippen LogP contribution in [-0.2, 0) is 6.42 Å². The van der Waals surface area contributed by atoms with E-state index in [0.29, 0.717) is 0 Å². The molecule has 0 aromatic heterocycles. The van der Waals surface area contributed by atoms with E-state index in [9.17, 15) is 0 Å². The average molecular weight is 718 g/mol. The number of nitrogens with zero attached hydrogens (tertiary/aromatic N) is 3. The maximum absolute atomic E-state index is 3.61. The molecule has 0 saturated heterocycles. The van der Waals surface area contributed by atoms with E-state index >= 15 is 0 Å². The summed E-state index contributed by atoms with van der Waals surface area (Å²) >= 11 is 0. The highest BCUT2D eigenvalue weighted by molar-refractivity contribution is 5.97. The third kappa shape index (κ3) is 6.18. The van der Waals surface area contributed by atoms with Gasteiger partial charge in [-0.2, -0.15) is 0 Å². The van der Waals surface area contributed by atoms with Crippen LogP contribution in [0.5, 0.6) is 0 Å². The predicted molar refractivity (Wildman–Crippen MR) is 237 cm³/mol. The van der Waals surface area contributed by atoms with E-state index in [4.69, 9.17) is 0 Å². The molecule has 8 aromatic carbocycles. The summed E-state index contributed by atoms with van der Waals surface area (Å²) in [4.78, 5) is 7.07. The molecule has 0 radical (unpaired) electrons. The number of aryl methyl sites for hydroxylation is 2. The first kappa shape index (κ1) is 33.3. The first-order chi connectivity index (χ1) is 27.7. The molecular formula is C53H39N3. The zero-order chi connectivity index (χ0) is 37.4. The monoisotopic (exact) mass is 717 g/mol. The second-order valence-electron chi connectivity index (χ2n) is 14.5. The molecule has 0 amide bonds. The Hall–Kier alpha value is -7.28. The van der Waals surface area contributed by atoms with Gasteiger partial charge in [0.15, 0.2) is 0 Å². The molecule has 266 valence electrons. The van der Waals surface area contributed by atoms with Crippen LogP contribution < -0.4 is 14.7 Å². The summed E-state index contributed by atoms with van der Waals surface area (Å²) < 4.78 is 0. The van der Waals surface area contributed by atoms with Crippen LogP contribution in [0.1, 0.15) is 34.2 Å². The molecule has 0 saturated carbocycles. The number of fused-ring (bicyclic) bond motifs is 4. The van der Waals surface area contributed by atoms with Crippen molar-refractivity contribution in [1.29, 1.82) is 0 Å². The highest BCUT2D eigenvalue weighted by Crippen LogP contribution is 2.47. The van der Waals surface area contributed by atoms with Crippen molar-refractivity contribution in [3.63, 3.8) is 0 Å². The van der Waals surface area contributed by atoms with E-state index in [-0.39, 0.29) is 0 Å². The Morgan fingerprint density at radius 1 is 0.482 bits per heavy atom. The lowest BCUT2D eigenvalue weighted by atomic mass is 9.96. The van der Waals surface area contributed by atoms with E-state index in [1.54, 1.807) is 0 Å². The quantitative estimate of drug-likeness (QED) is 0.162. The van der Waals surface area contributed by atoms with Gasteiger partial charge in [0.25, 0.3) is 0 Å². The summed E-state index contributed by atoms with van der Waals surface area (Å²) in [6.45, 7) is 2.16. The van der Waals surface area contributed by atoms with E-state index in [1.807, 2.05) is 0 Å². The molecule has 0 unspecified atom stereocenters. The van der Waals surface area contributed by atoms with Crippen LogP contribution in [0.15, 0.2) is 176 Å². The first-order valence-corrected chi connectivity index (χ1v) is 19.3. The maximum atomic E-state index is 3.61. The lowest BCUT2D eigenvalue weighted by Gasteiger charge is -2.31. The van der Waals surface area contributed by atoms with Gasteiger partial charge in [-0.3, -0.25) is 0 Å². The van der Waals surface area contributed by atoms with Crippen LogP contribution >= 0.6 is 0 Å². The van der Waals surface area contributed by atoms with Gasteiger partial charge < -0.3 is 14.7 Å². The molecule has 0 N–H and O–H groups in total. The molecule has 1 aliphatic heterocycles. The summed E-state index contributed by atoms with van der Waals surface area (Å²) in [5.41, 5.74) is 15.5. The Kier molecular flexibility index (Phi) is 8.43.